The minimum Gasteiger partial charge on any atom is -0.222 e. The lowest BCUT2D eigenvalue weighted by Crippen LogP contribution is -2.00. The van der Waals surface area contributed by atoms with E-state index in [1.807, 2.05) is 35.7 Å². The molecule has 0 amide bonds. The molecule has 0 bridgehead atoms. The van der Waals surface area contributed by atoms with Crippen molar-refractivity contribution < 1.29 is 0 Å². The molecule has 2 heterocycles. The van der Waals surface area contributed by atoms with Crippen molar-refractivity contribution in [3.05, 3.63) is 30.1 Å². The summed E-state index contributed by atoms with van der Waals surface area (Å²) in [5, 5.41) is 6.85. The number of rotatable bonds is 2. The quantitative estimate of drug-likeness (QED) is 0.523. The number of para-hydroxylation sites is 1. The number of benzene rings is 1. The van der Waals surface area contributed by atoms with Gasteiger partial charge < -0.3 is 0 Å². The van der Waals surface area contributed by atoms with Gasteiger partial charge in [-0.05, 0) is 19.1 Å². The van der Waals surface area contributed by atoms with Crippen LogP contribution in [-0.4, -0.2) is 24.8 Å². The summed E-state index contributed by atoms with van der Waals surface area (Å²) < 4.78 is 1.85. The number of aromatic nitrogens is 4. The van der Waals surface area contributed by atoms with Gasteiger partial charge in [-0.3, -0.25) is 0 Å². The highest BCUT2D eigenvalue weighted by molar-refractivity contribution is 7.99. The fourth-order valence-corrected chi connectivity index (χ4v) is 2.72. The Morgan fingerprint density at radius 1 is 1.17 bits per heavy atom. The summed E-state index contributed by atoms with van der Waals surface area (Å²) in [7, 11) is 0. The minimum atomic E-state index is 0.464. The second-order valence-corrected chi connectivity index (χ2v) is 6.02. The van der Waals surface area contributed by atoms with Crippen LogP contribution in [0.5, 0.6) is 0 Å². The average Bonchev–Trinajstić information content (AvgIpc) is 2.71. The van der Waals surface area contributed by atoms with Crippen LogP contribution in [0.4, 0.5) is 0 Å². The fourth-order valence-electron chi connectivity index (χ4n) is 1.92. The van der Waals surface area contributed by atoms with Crippen molar-refractivity contribution in [2.45, 2.75) is 31.2 Å². The lowest BCUT2D eigenvalue weighted by atomic mass is 10.2. The molecule has 0 atom stereocenters. The third kappa shape index (κ3) is 1.84. The minimum absolute atomic E-state index is 0.464. The van der Waals surface area contributed by atoms with E-state index >= 15 is 0 Å². The van der Waals surface area contributed by atoms with E-state index in [1.165, 1.54) is 0 Å². The Labute approximate surface area is 109 Å². The molecule has 3 aromatic rings. The number of nitrogens with zero attached hydrogens (tertiary/aromatic N) is 4. The van der Waals surface area contributed by atoms with Gasteiger partial charge in [-0.2, -0.15) is 4.52 Å². The third-order valence-corrected chi connectivity index (χ3v) is 3.54. The van der Waals surface area contributed by atoms with Gasteiger partial charge in [-0.25, -0.2) is 9.97 Å². The molecular formula is C13H14N4S. The highest BCUT2D eigenvalue weighted by Crippen LogP contribution is 2.25. The van der Waals surface area contributed by atoms with Gasteiger partial charge in [-0.1, -0.05) is 37.7 Å². The summed E-state index contributed by atoms with van der Waals surface area (Å²) in [5.74, 6) is 0.777. The van der Waals surface area contributed by atoms with Crippen LogP contribution >= 0.6 is 11.8 Å². The predicted molar refractivity (Wildman–Crippen MR) is 74.0 cm³/mol. The second kappa shape index (κ2) is 4.24. The van der Waals surface area contributed by atoms with E-state index in [0.29, 0.717) is 5.25 Å². The van der Waals surface area contributed by atoms with Gasteiger partial charge >= 0.3 is 0 Å². The first-order valence-electron chi connectivity index (χ1n) is 5.94. The molecule has 0 unspecified atom stereocenters. The molecule has 0 saturated heterocycles. The second-order valence-electron chi connectivity index (χ2n) is 4.47. The zero-order chi connectivity index (χ0) is 12.7. The van der Waals surface area contributed by atoms with Crippen LogP contribution in [0.3, 0.4) is 0 Å². The summed E-state index contributed by atoms with van der Waals surface area (Å²) in [4.78, 5) is 9.19. The number of hydrogen-bond acceptors (Lipinski definition) is 4. The Kier molecular flexibility index (Phi) is 2.70. The van der Waals surface area contributed by atoms with Crippen LogP contribution in [0.15, 0.2) is 29.4 Å². The van der Waals surface area contributed by atoms with Crippen LogP contribution in [0, 0.1) is 6.92 Å². The van der Waals surface area contributed by atoms with Crippen molar-refractivity contribution >= 4 is 28.3 Å². The topological polar surface area (TPSA) is 43.1 Å². The highest BCUT2D eigenvalue weighted by atomic mass is 32.2. The fraction of sp³-hybridized carbons (Fsp3) is 0.308. The van der Waals surface area contributed by atoms with E-state index in [2.05, 4.69) is 28.9 Å². The summed E-state index contributed by atoms with van der Waals surface area (Å²) >= 11 is 1.71. The molecule has 0 aliphatic carbocycles. The maximum absolute atomic E-state index is 4.68. The van der Waals surface area contributed by atoms with Gasteiger partial charge in [0.25, 0.3) is 0 Å². The molecule has 1 aromatic carbocycles. The summed E-state index contributed by atoms with van der Waals surface area (Å²) in [6.07, 6.45) is 0. The largest absolute Gasteiger partial charge is 0.222 e. The monoisotopic (exact) mass is 258 g/mol. The van der Waals surface area contributed by atoms with E-state index < -0.39 is 0 Å². The first-order chi connectivity index (χ1) is 8.65. The Hall–Kier alpha value is -1.62. The van der Waals surface area contributed by atoms with Gasteiger partial charge in [0.15, 0.2) is 10.8 Å². The number of hydrogen-bond donors (Lipinski definition) is 0. The molecule has 4 nitrogen and oxygen atoms in total. The first-order valence-corrected chi connectivity index (χ1v) is 6.82. The highest BCUT2D eigenvalue weighted by Gasteiger charge is 2.12. The van der Waals surface area contributed by atoms with Crippen LogP contribution in [0.2, 0.25) is 0 Å². The Balaban J connectivity index is 2.38. The molecule has 3 rings (SSSR count). The normalized spacial score (nSPS) is 11.8. The Bertz CT molecular complexity index is 717. The molecule has 92 valence electrons. The molecular weight excluding hydrogens is 244 g/mol. The van der Waals surface area contributed by atoms with Crippen molar-refractivity contribution in [3.8, 4) is 0 Å². The molecule has 0 aliphatic heterocycles. The molecule has 2 aromatic heterocycles. The van der Waals surface area contributed by atoms with Crippen molar-refractivity contribution in [2.75, 3.05) is 0 Å². The average molecular weight is 258 g/mol. The molecule has 0 radical (unpaired) electrons. The summed E-state index contributed by atoms with van der Waals surface area (Å²) in [6.45, 7) is 6.21. The van der Waals surface area contributed by atoms with E-state index in [1.54, 1.807) is 11.8 Å². The lowest BCUT2D eigenvalue weighted by Gasteiger charge is -2.07. The van der Waals surface area contributed by atoms with Gasteiger partial charge in [0, 0.05) is 10.6 Å². The zero-order valence-electron chi connectivity index (χ0n) is 10.6. The predicted octanol–water partition coefficient (Wildman–Crippen LogP) is 3.09. The van der Waals surface area contributed by atoms with Crippen LogP contribution in [-0.2, 0) is 0 Å². The maximum Gasteiger partial charge on any atom is 0.191 e. The molecule has 18 heavy (non-hydrogen) atoms. The van der Waals surface area contributed by atoms with Gasteiger partial charge in [0.1, 0.15) is 5.82 Å². The lowest BCUT2D eigenvalue weighted by molar-refractivity contribution is 0.794. The molecule has 0 spiro atoms. The zero-order valence-corrected chi connectivity index (χ0v) is 11.4. The van der Waals surface area contributed by atoms with E-state index in [4.69, 9.17) is 0 Å². The van der Waals surface area contributed by atoms with Gasteiger partial charge in [0.05, 0.1) is 5.52 Å². The summed E-state index contributed by atoms with van der Waals surface area (Å²) in [6, 6.07) is 8.06. The van der Waals surface area contributed by atoms with Crippen molar-refractivity contribution in [1.82, 2.24) is 19.6 Å². The summed E-state index contributed by atoms with van der Waals surface area (Å²) in [5.41, 5.74) is 1.86. The van der Waals surface area contributed by atoms with Crippen LogP contribution in [0.1, 0.15) is 19.7 Å². The molecule has 0 saturated carbocycles. The first kappa shape index (κ1) is 11.5. The Morgan fingerprint density at radius 2 is 1.94 bits per heavy atom. The maximum atomic E-state index is 4.68. The third-order valence-electron chi connectivity index (χ3n) is 2.60. The SMILES string of the molecule is Cc1nc2c3ccccc3nc(SC(C)C)n2n1. The number of fused-ring (bicyclic) bond motifs is 3. The van der Waals surface area contributed by atoms with Crippen LogP contribution in [0.25, 0.3) is 16.6 Å². The number of thioether (sulfide) groups is 1. The number of aryl methyl sites for hydroxylation is 1. The van der Waals surface area contributed by atoms with Crippen molar-refractivity contribution in [2.24, 2.45) is 0 Å². The smallest absolute Gasteiger partial charge is 0.191 e. The Morgan fingerprint density at radius 3 is 2.72 bits per heavy atom. The molecule has 0 aliphatic rings. The molecule has 0 fully saturated rings. The van der Waals surface area contributed by atoms with Crippen molar-refractivity contribution in [3.63, 3.8) is 0 Å². The van der Waals surface area contributed by atoms with Crippen molar-refractivity contribution in [1.29, 1.82) is 0 Å². The van der Waals surface area contributed by atoms with Gasteiger partial charge in [0.2, 0.25) is 0 Å². The van der Waals surface area contributed by atoms with Crippen LogP contribution < -0.4 is 0 Å². The standard InChI is InChI=1S/C13H14N4S/c1-8(2)18-13-15-11-7-5-4-6-10(11)12-14-9(3)16-17(12)13/h4-8H,1-3H3. The van der Waals surface area contributed by atoms with E-state index in [9.17, 15) is 0 Å². The van der Waals surface area contributed by atoms with Gasteiger partial charge in [-0.15, -0.1) is 5.10 Å². The van der Waals surface area contributed by atoms with E-state index in [-0.39, 0.29) is 0 Å². The molecule has 0 N–H and O–H groups in total. The van der Waals surface area contributed by atoms with E-state index in [0.717, 1.165) is 27.5 Å². The molecule has 5 heteroatoms.